The van der Waals surface area contributed by atoms with Gasteiger partial charge in [0.25, 0.3) is 5.91 Å². The number of carbonyl (C=O) groups excluding carboxylic acids is 1. The van der Waals surface area contributed by atoms with E-state index in [-0.39, 0.29) is 11.7 Å². The van der Waals surface area contributed by atoms with Crippen molar-refractivity contribution >= 4 is 5.91 Å². The van der Waals surface area contributed by atoms with Gasteiger partial charge in [0.05, 0.1) is 11.3 Å². The first-order chi connectivity index (χ1) is 14.5. The molecule has 0 spiro atoms. The number of nitrogens with zero attached hydrogens (tertiary/aromatic N) is 4. The third-order valence-corrected chi connectivity index (χ3v) is 7.49. The predicted molar refractivity (Wildman–Crippen MR) is 114 cm³/mol. The van der Waals surface area contributed by atoms with E-state index < -0.39 is 0 Å². The average Bonchev–Trinajstić information content (AvgIpc) is 3.08. The standard InChI is InChI=1S/C24H31FN4O/c1-16-21(15-27(2)26-16)24(30)28-13-18-12-19(14-28)23(29-9-4-3-8-22(18)29)11-17-6-5-7-20(25)10-17/h5-7,10,15,18-19,22-23H,3-4,8-9,11-14H2,1-2H3/t18-,19+,22+,23+/m1/s1. The number of rotatable bonds is 3. The van der Waals surface area contributed by atoms with Crippen LogP contribution in [0.5, 0.6) is 0 Å². The summed E-state index contributed by atoms with van der Waals surface area (Å²) in [5, 5.41) is 4.37. The predicted octanol–water partition coefficient (Wildman–Crippen LogP) is 3.43. The molecular weight excluding hydrogens is 379 g/mol. The van der Waals surface area contributed by atoms with Crippen molar-refractivity contribution in [2.45, 2.75) is 51.1 Å². The van der Waals surface area contributed by atoms with Crippen molar-refractivity contribution in [3.05, 3.63) is 53.1 Å². The first-order valence-corrected chi connectivity index (χ1v) is 11.3. The van der Waals surface area contributed by atoms with Crippen molar-refractivity contribution < 1.29 is 9.18 Å². The van der Waals surface area contributed by atoms with Crippen LogP contribution in [0.3, 0.4) is 0 Å². The number of benzene rings is 1. The van der Waals surface area contributed by atoms with Crippen molar-refractivity contribution in [2.75, 3.05) is 19.6 Å². The second kappa shape index (κ2) is 7.80. The van der Waals surface area contributed by atoms with Crippen LogP contribution in [0.1, 0.15) is 47.3 Å². The van der Waals surface area contributed by atoms with E-state index in [0.29, 0.717) is 23.9 Å². The molecular formula is C24H31FN4O. The van der Waals surface area contributed by atoms with Crippen LogP contribution in [0.25, 0.3) is 0 Å². The molecule has 4 heterocycles. The van der Waals surface area contributed by atoms with Crippen molar-refractivity contribution in [1.29, 1.82) is 0 Å². The largest absolute Gasteiger partial charge is 0.338 e. The Morgan fingerprint density at radius 1 is 1.23 bits per heavy atom. The summed E-state index contributed by atoms with van der Waals surface area (Å²) in [4.78, 5) is 18.1. The topological polar surface area (TPSA) is 41.4 Å². The van der Waals surface area contributed by atoms with E-state index in [4.69, 9.17) is 0 Å². The summed E-state index contributed by atoms with van der Waals surface area (Å²) in [6, 6.07) is 7.96. The average molecular weight is 411 g/mol. The van der Waals surface area contributed by atoms with Gasteiger partial charge in [-0.1, -0.05) is 18.6 Å². The molecule has 0 unspecified atom stereocenters. The van der Waals surface area contributed by atoms with E-state index in [1.165, 1.54) is 31.7 Å². The van der Waals surface area contributed by atoms with Crippen LogP contribution in [0.15, 0.2) is 30.5 Å². The molecule has 0 radical (unpaired) electrons. The maximum absolute atomic E-state index is 13.8. The lowest BCUT2D eigenvalue weighted by Crippen LogP contribution is -2.64. The van der Waals surface area contributed by atoms with Crippen molar-refractivity contribution in [3.8, 4) is 0 Å². The number of likely N-dealkylation sites (tertiary alicyclic amines) is 1. The molecule has 3 aliphatic rings. The van der Waals surface area contributed by atoms with E-state index in [1.807, 2.05) is 32.3 Å². The Morgan fingerprint density at radius 2 is 2.07 bits per heavy atom. The Balaban J connectivity index is 1.42. The number of aromatic nitrogens is 2. The van der Waals surface area contributed by atoms with Crippen LogP contribution in [0.4, 0.5) is 4.39 Å². The van der Waals surface area contributed by atoms with Crippen LogP contribution in [-0.4, -0.2) is 57.2 Å². The lowest BCUT2D eigenvalue weighted by atomic mass is 9.71. The first-order valence-electron chi connectivity index (χ1n) is 11.3. The van der Waals surface area contributed by atoms with Gasteiger partial charge in [-0.15, -0.1) is 0 Å². The molecule has 160 valence electrons. The van der Waals surface area contributed by atoms with E-state index in [2.05, 4.69) is 14.9 Å². The van der Waals surface area contributed by atoms with Crippen LogP contribution in [0, 0.1) is 24.6 Å². The highest BCUT2D eigenvalue weighted by atomic mass is 19.1. The Morgan fingerprint density at radius 3 is 2.83 bits per heavy atom. The lowest BCUT2D eigenvalue weighted by molar-refractivity contribution is -0.0642. The molecule has 1 aromatic carbocycles. The quantitative estimate of drug-likeness (QED) is 0.779. The molecule has 1 amide bonds. The summed E-state index contributed by atoms with van der Waals surface area (Å²) in [6.07, 6.45) is 7.61. The molecule has 3 saturated heterocycles. The fourth-order valence-corrected chi connectivity index (χ4v) is 6.24. The fraction of sp³-hybridized carbons (Fsp3) is 0.583. The zero-order valence-electron chi connectivity index (χ0n) is 17.9. The van der Waals surface area contributed by atoms with Crippen molar-refractivity contribution in [1.82, 2.24) is 19.6 Å². The molecule has 3 fully saturated rings. The third-order valence-electron chi connectivity index (χ3n) is 7.49. The van der Waals surface area contributed by atoms with Gasteiger partial charge in [0.1, 0.15) is 5.82 Å². The maximum atomic E-state index is 13.8. The van der Waals surface area contributed by atoms with Gasteiger partial charge < -0.3 is 4.90 Å². The van der Waals surface area contributed by atoms with Crippen molar-refractivity contribution in [2.24, 2.45) is 18.9 Å². The molecule has 0 N–H and O–H groups in total. The van der Waals surface area contributed by atoms with Gasteiger partial charge in [-0.25, -0.2) is 4.39 Å². The Bertz CT molecular complexity index is 941. The van der Waals surface area contributed by atoms with Gasteiger partial charge in [-0.3, -0.25) is 14.4 Å². The molecule has 3 aliphatic heterocycles. The fourth-order valence-electron chi connectivity index (χ4n) is 6.24. The second-order valence-electron chi connectivity index (χ2n) is 9.47. The Kier molecular flexibility index (Phi) is 5.13. The summed E-state index contributed by atoms with van der Waals surface area (Å²) in [5.41, 5.74) is 2.59. The highest BCUT2D eigenvalue weighted by Gasteiger charge is 2.48. The SMILES string of the molecule is Cc1nn(C)cc1C(=O)N1C[C@H]2C[C@@H](C1)[C@H](Cc1cccc(F)c1)N1CCCC[C@@H]21. The number of carbonyl (C=O) groups is 1. The number of halogens is 1. The molecule has 2 aromatic rings. The Labute approximate surface area is 177 Å². The van der Waals surface area contributed by atoms with E-state index >= 15 is 0 Å². The lowest BCUT2D eigenvalue weighted by Gasteiger charge is -2.57. The summed E-state index contributed by atoms with van der Waals surface area (Å²) >= 11 is 0. The van der Waals surface area contributed by atoms with Gasteiger partial charge in [0.2, 0.25) is 0 Å². The van der Waals surface area contributed by atoms with Gasteiger partial charge in [-0.05, 0) is 68.7 Å². The van der Waals surface area contributed by atoms with Crippen LogP contribution in [-0.2, 0) is 13.5 Å². The molecule has 0 aliphatic carbocycles. The molecule has 0 saturated carbocycles. The number of hydrogen-bond acceptors (Lipinski definition) is 3. The maximum Gasteiger partial charge on any atom is 0.257 e. The molecule has 2 bridgehead atoms. The minimum atomic E-state index is -0.163. The number of amides is 1. The summed E-state index contributed by atoms with van der Waals surface area (Å²) in [7, 11) is 1.86. The highest BCUT2D eigenvalue weighted by Crippen LogP contribution is 2.42. The van der Waals surface area contributed by atoms with Gasteiger partial charge in [0.15, 0.2) is 0 Å². The highest BCUT2D eigenvalue weighted by molar-refractivity contribution is 5.95. The minimum absolute atomic E-state index is 0.115. The summed E-state index contributed by atoms with van der Waals surface area (Å²) < 4.78 is 15.6. The number of piperidine rings is 3. The van der Waals surface area contributed by atoms with Crippen LogP contribution >= 0.6 is 0 Å². The van der Waals surface area contributed by atoms with Crippen LogP contribution in [0.2, 0.25) is 0 Å². The Hall–Kier alpha value is -2.21. The molecule has 5 rings (SSSR count). The van der Waals surface area contributed by atoms with Gasteiger partial charge in [-0.2, -0.15) is 5.10 Å². The molecule has 6 heteroatoms. The van der Waals surface area contributed by atoms with E-state index in [0.717, 1.165) is 42.9 Å². The monoisotopic (exact) mass is 410 g/mol. The molecule has 5 nitrogen and oxygen atoms in total. The van der Waals surface area contributed by atoms with E-state index in [9.17, 15) is 9.18 Å². The van der Waals surface area contributed by atoms with E-state index in [1.54, 1.807) is 10.7 Å². The number of fused-ring (bicyclic) bond motifs is 4. The molecule has 4 atom stereocenters. The summed E-state index contributed by atoms with van der Waals surface area (Å²) in [6.45, 7) is 4.67. The zero-order valence-corrected chi connectivity index (χ0v) is 17.9. The number of hydrogen-bond donors (Lipinski definition) is 0. The smallest absolute Gasteiger partial charge is 0.257 e. The van der Waals surface area contributed by atoms with Crippen molar-refractivity contribution in [3.63, 3.8) is 0 Å². The third kappa shape index (κ3) is 3.55. The van der Waals surface area contributed by atoms with Gasteiger partial charge in [0, 0.05) is 38.4 Å². The van der Waals surface area contributed by atoms with Crippen LogP contribution < -0.4 is 0 Å². The summed E-state index contributed by atoms with van der Waals surface area (Å²) in [5.74, 6) is 0.920. The zero-order chi connectivity index (χ0) is 20.8. The minimum Gasteiger partial charge on any atom is -0.338 e. The first kappa shape index (κ1) is 19.7. The normalized spacial score (nSPS) is 29.0. The molecule has 1 aromatic heterocycles. The second-order valence-corrected chi connectivity index (χ2v) is 9.47. The number of aryl methyl sites for hydroxylation is 2. The molecule has 30 heavy (non-hydrogen) atoms. The van der Waals surface area contributed by atoms with Gasteiger partial charge >= 0.3 is 0 Å².